The van der Waals surface area contributed by atoms with Crippen LogP contribution in [0.1, 0.15) is 43.1 Å². The first-order valence-corrected chi connectivity index (χ1v) is 7.33. The Bertz CT molecular complexity index is 597. The molecule has 0 atom stereocenters. The second-order valence-electron chi connectivity index (χ2n) is 6.35. The molecule has 0 spiro atoms. The molecule has 0 saturated carbocycles. The number of amides is 2. The molecule has 0 unspecified atom stereocenters. The van der Waals surface area contributed by atoms with Crippen LogP contribution in [0, 0.1) is 0 Å². The molecule has 0 radical (unpaired) electrons. The van der Waals surface area contributed by atoms with Crippen molar-refractivity contribution in [3.63, 3.8) is 0 Å². The van der Waals surface area contributed by atoms with Gasteiger partial charge >= 0.3 is 6.09 Å². The topological polar surface area (TPSA) is 72.6 Å². The summed E-state index contributed by atoms with van der Waals surface area (Å²) >= 11 is 0. The Hall–Kier alpha value is -2.30. The molecule has 0 bridgehead atoms. The third kappa shape index (κ3) is 4.10. The van der Waals surface area contributed by atoms with E-state index in [0.29, 0.717) is 18.7 Å². The van der Waals surface area contributed by atoms with Gasteiger partial charge in [-0.2, -0.15) is 0 Å². The van der Waals surface area contributed by atoms with E-state index in [2.05, 4.69) is 0 Å². The van der Waals surface area contributed by atoms with Crippen molar-refractivity contribution in [1.29, 1.82) is 0 Å². The lowest BCUT2D eigenvalue weighted by Gasteiger charge is -2.29. The van der Waals surface area contributed by atoms with E-state index in [1.807, 2.05) is 39.0 Å². The van der Waals surface area contributed by atoms with Gasteiger partial charge in [0.15, 0.2) is 0 Å². The third-order valence-electron chi connectivity index (χ3n) is 3.40. The Morgan fingerprint density at radius 1 is 1.18 bits per heavy atom. The van der Waals surface area contributed by atoms with Crippen LogP contribution < -0.4 is 5.73 Å². The van der Waals surface area contributed by atoms with Crippen molar-refractivity contribution < 1.29 is 14.3 Å². The van der Waals surface area contributed by atoms with Gasteiger partial charge in [-0.1, -0.05) is 18.2 Å². The predicted molar refractivity (Wildman–Crippen MR) is 85.4 cm³/mol. The van der Waals surface area contributed by atoms with E-state index in [1.165, 1.54) is 0 Å². The van der Waals surface area contributed by atoms with Gasteiger partial charge in [0.1, 0.15) is 5.60 Å². The monoisotopic (exact) mass is 302 g/mol. The summed E-state index contributed by atoms with van der Waals surface area (Å²) in [6, 6.07) is 7.21. The van der Waals surface area contributed by atoms with Crippen molar-refractivity contribution in [2.24, 2.45) is 5.73 Å². The maximum atomic E-state index is 12.0. The summed E-state index contributed by atoms with van der Waals surface area (Å²) < 4.78 is 5.37. The van der Waals surface area contributed by atoms with Crippen LogP contribution in [0.15, 0.2) is 30.3 Å². The third-order valence-corrected chi connectivity index (χ3v) is 3.40. The normalized spacial score (nSPS) is 15.2. The van der Waals surface area contributed by atoms with Crippen molar-refractivity contribution in [3.05, 3.63) is 41.5 Å². The minimum atomic E-state index is -0.480. The molecular weight excluding hydrogens is 280 g/mol. The average Bonchev–Trinajstić information content (AvgIpc) is 2.46. The Balaban J connectivity index is 2.02. The summed E-state index contributed by atoms with van der Waals surface area (Å²) in [5, 5.41) is 0. The summed E-state index contributed by atoms with van der Waals surface area (Å²) in [7, 11) is 0. The number of nitrogens with zero attached hydrogens (tertiary/aromatic N) is 1. The Kier molecular flexibility index (Phi) is 4.54. The van der Waals surface area contributed by atoms with E-state index in [0.717, 1.165) is 17.6 Å². The standard InChI is InChI=1S/C17H22N2O3/c1-17(2,3)22-16(21)19-10-8-13(9-11-19)12-4-6-14(7-5-12)15(18)20/h4-8H,9-11H2,1-3H3,(H2,18,20). The van der Waals surface area contributed by atoms with Crippen molar-refractivity contribution in [2.75, 3.05) is 13.1 Å². The Morgan fingerprint density at radius 3 is 2.27 bits per heavy atom. The second-order valence-corrected chi connectivity index (χ2v) is 6.35. The predicted octanol–water partition coefficient (Wildman–Crippen LogP) is 2.81. The van der Waals surface area contributed by atoms with Gasteiger partial charge in [-0.3, -0.25) is 4.79 Å². The fourth-order valence-electron chi connectivity index (χ4n) is 2.27. The van der Waals surface area contributed by atoms with E-state index in [9.17, 15) is 9.59 Å². The molecule has 5 nitrogen and oxygen atoms in total. The van der Waals surface area contributed by atoms with Crippen LogP contribution in [0.5, 0.6) is 0 Å². The van der Waals surface area contributed by atoms with Gasteiger partial charge in [-0.05, 0) is 50.5 Å². The average molecular weight is 302 g/mol. The molecule has 1 aromatic carbocycles. The number of rotatable bonds is 2. The lowest BCUT2D eigenvalue weighted by Crippen LogP contribution is -2.39. The molecule has 0 fully saturated rings. The van der Waals surface area contributed by atoms with Gasteiger partial charge in [0, 0.05) is 18.7 Å². The molecule has 2 rings (SSSR count). The summed E-state index contributed by atoms with van der Waals surface area (Å²) in [6.45, 7) is 6.73. The first-order chi connectivity index (χ1) is 10.3. The summed E-state index contributed by atoms with van der Waals surface area (Å²) in [6.07, 6.45) is 2.49. The van der Waals surface area contributed by atoms with Crippen LogP contribution in [0.4, 0.5) is 4.79 Å². The number of benzene rings is 1. The van der Waals surface area contributed by atoms with Crippen LogP contribution in [0.3, 0.4) is 0 Å². The van der Waals surface area contributed by atoms with Gasteiger partial charge in [-0.15, -0.1) is 0 Å². The fourth-order valence-corrected chi connectivity index (χ4v) is 2.27. The summed E-state index contributed by atoms with van der Waals surface area (Å²) in [4.78, 5) is 24.8. The van der Waals surface area contributed by atoms with Crippen LogP contribution in [0.2, 0.25) is 0 Å². The van der Waals surface area contributed by atoms with E-state index < -0.39 is 11.5 Å². The maximum Gasteiger partial charge on any atom is 0.410 e. The van der Waals surface area contributed by atoms with Crippen molar-refractivity contribution >= 4 is 17.6 Å². The van der Waals surface area contributed by atoms with E-state index in [1.54, 1.807) is 17.0 Å². The second kappa shape index (κ2) is 6.22. The van der Waals surface area contributed by atoms with Crippen LogP contribution in [0.25, 0.3) is 5.57 Å². The number of carbonyl (C=O) groups excluding carboxylic acids is 2. The minimum Gasteiger partial charge on any atom is -0.444 e. The Morgan fingerprint density at radius 2 is 1.82 bits per heavy atom. The van der Waals surface area contributed by atoms with Gasteiger partial charge in [0.05, 0.1) is 0 Å². The minimum absolute atomic E-state index is 0.285. The number of ether oxygens (including phenoxy) is 1. The van der Waals surface area contributed by atoms with Crippen LogP contribution in [-0.4, -0.2) is 35.6 Å². The summed E-state index contributed by atoms with van der Waals surface area (Å²) in [5.74, 6) is -0.430. The lowest BCUT2D eigenvalue weighted by molar-refractivity contribution is 0.0270. The molecule has 2 amide bonds. The Labute approximate surface area is 130 Å². The van der Waals surface area contributed by atoms with Crippen molar-refractivity contribution in [3.8, 4) is 0 Å². The van der Waals surface area contributed by atoms with Crippen LogP contribution in [-0.2, 0) is 4.74 Å². The van der Waals surface area contributed by atoms with Crippen LogP contribution >= 0.6 is 0 Å². The molecule has 0 aromatic heterocycles. The first kappa shape index (κ1) is 16.1. The fraction of sp³-hybridized carbons (Fsp3) is 0.412. The quantitative estimate of drug-likeness (QED) is 0.913. The SMILES string of the molecule is CC(C)(C)OC(=O)N1CC=C(c2ccc(C(N)=O)cc2)CC1. The van der Waals surface area contributed by atoms with Gasteiger partial charge < -0.3 is 15.4 Å². The molecule has 5 heteroatoms. The van der Waals surface area contributed by atoms with Crippen molar-refractivity contribution in [2.45, 2.75) is 32.8 Å². The highest BCUT2D eigenvalue weighted by molar-refractivity contribution is 5.93. The lowest BCUT2D eigenvalue weighted by atomic mass is 9.98. The molecule has 0 saturated heterocycles. The van der Waals surface area contributed by atoms with E-state index in [-0.39, 0.29) is 6.09 Å². The largest absolute Gasteiger partial charge is 0.444 e. The van der Waals surface area contributed by atoms with E-state index >= 15 is 0 Å². The highest BCUT2D eigenvalue weighted by Crippen LogP contribution is 2.23. The first-order valence-electron chi connectivity index (χ1n) is 7.33. The number of hydrogen-bond acceptors (Lipinski definition) is 3. The number of primary amides is 1. The highest BCUT2D eigenvalue weighted by Gasteiger charge is 2.23. The number of hydrogen-bond donors (Lipinski definition) is 1. The molecule has 1 aliphatic heterocycles. The zero-order valence-corrected chi connectivity index (χ0v) is 13.3. The highest BCUT2D eigenvalue weighted by atomic mass is 16.6. The number of nitrogens with two attached hydrogens (primary N) is 1. The summed E-state index contributed by atoms with van der Waals surface area (Å²) in [5.41, 5.74) is 7.46. The molecule has 1 aliphatic rings. The molecule has 2 N–H and O–H groups in total. The smallest absolute Gasteiger partial charge is 0.410 e. The molecule has 1 heterocycles. The molecule has 118 valence electrons. The molecule has 22 heavy (non-hydrogen) atoms. The zero-order chi connectivity index (χ0) is 16.3. The molecule has 0 aliphatic carbocycles. The van der Waals surface area contributed by atoms with Crippen molar-refractivity contribution in [1.82, 2.24) is 4.90 Å². The number of carbonyl (C=O) groups is 2. The molecule has 1 aromatic rings. The van der Waals surface area contributed by atoms with Gasteiger partial charge in [0.2, 0.25) is 5.91 Å². The van der Waals surface area contributed by atoms with Gasteiger partial charge in [0.25, 0.3) is 0 Å². The zero-order valence-electron chi connectivity index (χ0n) is 13.3. The van der Waals surface area contributed by atoms with Gasteiger partial charge in [-0.25, -0.2) is 4.79 Å². The van der Waals surface area contributed by atoms with E-state index in [4.69, 9.17) is 10.5 Å². The molecular formula is C17H22N2O3. The maximum absolute atomic E-state index is 12.0.